The van der Waals surface area contributed by atoms with E-state index >= 15 is 0 Å². The van der Waals surface area contributed by atoms with Gasteiger partial charge in [0.05, 0.1) is 6.04 Å². The van der Waals surface area contributed by atoms with Crippen molar-refractivity contribution in [2.45, 2.75) is 25.8 Å². The Morgan fingerprint density at radius 1 is 1.32 bits per heavy atom. The molecule has 2 aromatic rings. The van der Waals surface area contributed by atoms with Crippen LogP contribution in [0.1, 0.15) is 40.6 Å². The first-order valence-corrected chi connectivity index (χ1v) is 7.02. The summed E-state index contributed by atoms with van der Waals surface area (Å²) in [5.74, 6) is -1.67. The van der Waals surface area contributed by atoms with E-state index in [-0.39, 0.29) is 11.6 Å². The van der Waals surface area contributed by atoms with E-state index in [1.807, 2.05) is 0 Å². The highest BCUT2D eigenvalue weighted by Crippen LogP contribution is 2.34. The summed E-state index contributed by atoms with van der Waals surface area (Å²) in [6, 6.07) is 2.92. The van der Waals surface area contributed by atoms with Crippen molar-refractivity contribution in [3.8, 4) is 0 Å². The zero-order valence-corrected chi connectivity index (χ0v) is 12.0. The van der Waals surface area contributed by atoms with Crippen LogP contribution in [0.25, 0.3) is 0 Å². The number of carbonyl (C=O) groups is 1. The molecule has 0 aliphatic carbocycles. The minimum Gasteiger partial charge on any atom is -0.330 e. The maximum absolute atomic E-state index is 14.0. The largest absolute Gasteiger partial charge is 0.330 e. The van der Waals surface area contributed by atoms with Crippen LogP contribution in [-0.4, -0.2) is 27.3 Å². The number of halogens is 2. The summed E-state index contributed by atoms with van der Waals surface area (Å²) in [6.07, 6.45) is 1.32. The SMILES string of the molecule is Cc1[nH]c(=O)[nH]c1C(=O)N1CCCC1c1ccc(F)cc1F. The minimum atomic E-state index is -0.663. The van der Waals surface area contributed by atoms with Crippen LogP contribution in [0.3, 0.4) is 0 Å². The predicted octanol–water partition coefficient (Wildman–Crippen LogP) is 2.27. The molecular formula is C15H15F2N3O2. The summed E-state index contributed by atoms with van der Waals surface area (Å²) in [7, 11) is 0. The number of H-pyrrole nitrogens is 2. The van der Waals surface area contributed by atoms with Gasteiger partial charge in [0.1, 0.15) is 17.3 Å². The fraction of sp³-hybridized carbons (Fsp3) is 0.333. The maximum Gasteiger partial charge on any atom is 0.323 e. The number of rotatable bonds is 2. The lowest BCUT2D eigenvalue weighted by molar-refractivity contribution is 0.0727. The number of imidazole rings is 1. The van der Waals surface area contributed by atoms with E-state index in [0.717, 1.165) is 12.5 Å². The van der Waals surface area contributed by atoms with E-state index in [1.165, 1.54) is 17.0 Å². The maximum atomic E-state index is 14.0. The normalized spacial score (nSPS) is 18.0. The quantitative estimate of drug-likeness (QED) is 0.893. The molecule has 1 aliphatic heterocycles. The molecule has 22 heavy (non-hydrogen) atoms. The number of benzene rings is 1. The molecule has 1 aliphatic rings. The Morgan fingerprint density at radius 2 is 2.09 bits per heavy atom. The highest BCUT2D eigenvalue weighted by atomic mass is 19.1. The number of aromatic nitrogens is 2. The van der Waals surface area contributed by atoms with E-state index < -0.39 is 23.4 Å². The first kappa shape index (κ1) is 14.5. The van der Waals surface area contributed by atoms with Crippen LogP contribution >= 0.6 is 0 Å². The molecule has 3 rings (SSSR count). The summed E-state index contributed by atoms with van der Waals surface area (Å²) >= 11 is 0. The highest BCUT2D eigenvalue weighted by Gasteiger charge is 2.33. The standard InChI is InChI=1S/C15H15F2N3O2/c1-8-13(19-15(22)18-8)14(21)20-6-2-3-12(20)10-5-4-9(16)7-11(10)17/h4-5,7,12H,2-3,6H2,1H3,(H2,18,19,22). The molecule has 1 aromatic heterocycles. The number of aromatic amines is 2. The number of nitrogens with zero attached hydrogens (tertiary/aromatic N) is 1. The Labute approximate surface area is 125 Å². The van der Waals surface area contributed by atoms with Crippen molar-refractivity contribution in [2.24, 2.45) is 0 Å². The lowest BCUT2D eigenvalue weighted by atomic mass is 10.0. The fourth-order valence-corrected chi connectivity index (χ4v) is 2.93. The van der Waals surface area contributed by atoms with Crippen LogP contribution in [-0.2, 0) is 0 Å². The molecule has 1 aromatic carbocycles. The number of amides is 1. The van der Waals surface area contributed by atoms with E-state index in [4.69, 9.17) is 0 Å². The monoisotopic (exact) mass is 307 g/mol. The van der Waals surface area contributed by atoms with Crippen LogP contribution < -0.4 is 5.69 Å². The molecule has 2 N–H and O–H groups in total. The van der Waals surface area contributed by atoms with Gasteiger partial charge < -0.3 is 14.9 Å². The van der Waals surface area contributed by atoms with Crippen molar-refractivity contribution in [2.75, 3.05) is 6.54 Å². The van der Waals surface area contributed by atoms with Crippen LogP contribution in [0.2, 0.25) is 0 Å². The Kier molecular flexibility index (Phi) is 3.56. The van der Waals surface area contributed by atoms with Crippen molar-refractivity contribution < 1.29 is 13.6 Å². The third-order valence-electron chi connectivity index (χ3n) is 3.96. The Bertz CT molecular complexity index is 781. The number of carbonyl (C=O) groups excluding carboxylic acids is 1. The number of aryl methyl sites for hydroxylation is 1. The Morgan fingerprint density at radius 3 is 2.73 bits per heavy atom. The number of nitrogens with one attached hydrogen (secondary N) is 2. The van der Waals surface area contributed by atoms with Crippen LogP contribution in [0.5, 0.6) is 0 Å². The first-order valence-electron chi connectivity index (χ1n) is 7.02. The Balaban J connectivity index is 1.94. The zero-order chi connectivity index (χ0) is 15.9. The second kappa shape index (κ2) is 5.40. The van der Waals surface area contributed by atoms with Gasteiger partial charge in [-0.2, -0.15) is 0 Å². The molecule has 0 spiro atoms. The predicted molar refractivity (Wildman–Crippen MR) is 75.5 cm³/mol. The molecule has 2 heterocycles. The molecule has 0 radical (unpaired) electrons. The molecule has 1 unspecified atom stereocenters. The van der Waals surface area contributed by atoms with Crippen molar-refractivity contribution in [3.63, 3.8) is 0 Å². The molecule has 0 bridgehead atoms. The molecule has 7 heteroatoms. The molecule has 116 valence electrons. The molecule has 1 amide bonds. The van der Waals surface area contributed by atoms with Crippen molar-refractivity contribution in [1.82, 2.24) is 14.9 Å². The summed E-state index contributed by atoms with van der Waals surface area (Å²) in [6.45, 7) is 2.08. The average Bonchev–Trinajstić information content (AvgIpc) is 3.04. The molecule has 1 atom stereocenters. The van der Waals surface area contributed by atoms with Gasteiger partial charge in [0.25, 0.3) is 5.91 Å². The summed E-state index contributed by atoms with van der Waals surface area (Å²) < 4.78 is 27.0. The van der Waals surface area contributed by atoms with E-state index in [0.29, 0.717) is 24.2 Å². The van der Waals surface area contributed by atoms with E-state index in [1.54, 1.807) is 6.92 Å². The number of likely N-dealkylation sites (tertiary alicyclic amines) is 1. The van der Waals surface area contributed by atoms with Gasteiger partial charge in [-0.3, -0.25) is 4.79 Å². The molecule has 5 nitrogen and oxygen atoms in total. The second-order valence-electron chi connectivity index (χ2n) is 5.40. The summed E-state index contributed by atoms with van der Waals surface area (Å²) in [5.41, 5.74) is 0.465. The fourth-order valence-electron chi connectivity index (χ4n) is 2.93. The van der Waals surface area contributed by atoms with E-state index in [9.17, 15) is 18.4 Å². The summed E-state index contributed by atoms with van der Waals surface area (Å²) in [5, 5.41) is 0. The molecule has 1 fully saturated rings. The topological polar surface area (TPSA) is 69.0 Å². The third kappa shape index (κ3) is 2.43. The van der Waals surface area contributed by atoms with Gasteiger partial charge >= 0.3 is 5.69 Å². The van der Waals surface area contributed by atoms with Gasteiger partial charge in [-0.25, -0.2) is 13.6 Å². The van der Waals surface area contributed by atoms with Crippen LogP contribution in [0.4, 0.5) is 8.78 Å². The number of hydrogen-bond acceptors (Lipinski definition) is 2. The first-order chi connectivity index (χ1) is 10.5. The highest BCUT2D eigenvalue weighted by molar-refractivity contribution is 5.93. The van der Waals surface area contributed by atoms with Crippen molar-refractivity contribution in [1.29, 1.82) is 0 Å². The average molecular weight is 307 g/mol. The smallest absolute Gasteiger partial charge is 0.323 e. The minimum absolute atomic E-state index is 0.180. The van der Waals surface area contributed by atoms with Gasteiger partial charge in [0.15, 0.2) is 0 Å². The van der Waals surface area contributed by atoms with Gasteiger partial charge in [0.2, 0.25) is 0 Å². The van der Waals surface area contributed by atoms with E-state index in [2.05, 4.69) is 9.97 Å². The molecule has 1 saturated heterocycles. The Hall–Kier alpha value is -2.44. The van der Waals surface area contributed by atoms with Crippen molar-refractivity contribution in [3.05, 3.63) is 57.3 Å². The second-order valence-corrected chi connectivity index (χ2v) is 5.40. The number of hydrogen-bond donors (Lipinski definition) is 2. The lowest BCUT2D eigenvalue weighted by Crippen LogP contribution is -2.32. The van der Waals surface area contributed by atoms with Gasteiger partial charge in [-0.1, -0.05) is 6.07 Å². The third-order valence-corrected chi connectivity index (χ3v) is 3.96. The van der Waals surface area contributed by atoms with Gasteiger partial charge in [-0.15, -0.1) is 0 Å². The molecular weight excluding hydrogens is 292 g/mol. The van der Waals surface area contributed by atoms with Gasteiger partial charge in [-0.05, 0) is 25.8 Å². The zero-order valence-electron chi connectivity index (χ0n) is 12.0. The summed E-state index contributed by atoms with van der Waals surface area (Å²) in [4.78, 5) is 30.4. The molecule has 0 saturated carbocycles. The van der Waals surface area contributed by atoms with Crippen LogP contribution in [0.15, 0.2) is 23.0 Å². The van der Waals surface area contributed by atoms with Crippen LogP contribution in [0, 0.1) is 18.6 Å². The van der Waals surface area contributed by atoms with Crippen molar-refractivity contribution >= 4 is 5.91 Å². The van der Waals surface area contributed by atoms with Gasteiger partial charge in [0, 0.05) is 23.9 Å². The lowest BCUT2D eigenvalue weighted by Gasteiger charge is -2.25.